The summed E-state index contributed by atoms with van der Waals surface area (Å²) >= 11 is 0. The zero-order valence-electron chi connectivity index (χ0n) is 13.0. The van der Waals surface area contributed by atoms with Crippen molar-refractivity contribution in [1.82, 2.24) is 4.90 Å². The van der Waals surface area contributed by atoms with E-state index in [-0.39, 0.29) is 4.90 Å². The van der Waals surface area contributed by atoms with Gasteiger partial charge in [0.2, 0.25) is 10.0 Å². The van der Waals surface area contributed by atoms with Crippen molar-refractivity contribution in [2.75, 3.05) is 25.5 Å². The Balaban J connectivity index is 2.25. The lowest BCUT2D eigenvalue weighted by Gasteiger charge is -2.21. The van der Waals surface area contributed by atoms with Crippen molar-refractivity contribution in [3.8, 4) is 0 Å². The Hall–Kier alpha value is -1.11. The summed E-state index contributed by atoms with van der Waals surface area (Å²) in [5.41, 5.74) is 2.91. The van der Waals surface area contributed by atoms with Crippen molar-refractivity contribution in [3.05, 3.63) is 23.3 Å². The van der Waals surface area contributed by atoms with Crippen molar-refractivity contribution in [1.29, 1.82) is 0 Å². The third-order valence-corrected chi connectivity index (χ3v) is 5.17. The van der Waals surface area contributed by atoms with E-state index in [1.165, 1.54) is 0 Å². The highest BCUT2D eigenvalue weighted by atomic mass is 32.2. The average molecular weight is 311 g/mol. The molecular weight excluding hydrogens is 286 g/mol. The molecule has 21 heavy (non-hydrogen) atoms. The number of aryl methyl sites for hydroxylation is 1. The van der Waals surface area contributed by atoms with Gasteiger partial charge < -0.3 is 10.2 Å². The molecular formula is C15H25N3O2S. The normalized spacial score (nSPS) is 21.0. The third kappa shape index (κ3) is 4.18. The molecule has 1 atom stereocenters. The first-order valence-electron chi connectivity index (χ1n) is 7.36. The predicted octanol–water partition coefficient (Wildman–Crippen LogP) is 1.85. The molecule has 0 bridgehead atoms. The van der Waals surface area contributed by atoms with E-state index in [0.717, 1.165) is 49.2 Å². The second-order valence-electron chi connectivity index (χ2n) is 6.03. The Kier molecular flexibility index (Phi) is 4.91. The molecule has 0 saturated carbocycles. The third-order valence-electron chi connectivity index (χ3n) is 4.28. The Morgan fingerprint density at radius 3 is 2.62 bits per heavy atom. The van der Waals surface area contributed by atoms with Gasteiger partial charge in [-0.05, 0) is 76.5 Å². The molecule has 5 nitrogen and oxygen atoms in total. The molecule has 0 spiro atoms. The number of likely N-dealkylation sites (tertiary alicyclic amines) is 1. The van der Waals surface area contributed by atoms with Gasteiger partial charge in [-0.1, -0.05) is 0 Å². The first-order valence-corrected chi connectivity index (χ1v) is 8.91. The number of nitrogens with zero attached hydrogens (tertiary/aromatic N) is 1. The number of hydrogen-bond donors (Lipinski definition) is 2. The van der Waals surface area contributed by atoms with Gasteiger partial charge in [-0.25, -0.2) is 13.6 Å². The van der Waals surface area contributed by atoms with E-state index in [4.69, 9.17) is 5.14 Å². The van der Waals surface area contributed by atoms with Gasteiger partial charge in [0.05, 0.1) is 4.90 Å². The SMILES string of the molecule is Cc1cc(S(N)(=O)=O)cc(NC2CCCN(C)CC2)c1C. The van der Waals surface area contributed by atoms with Gasteiger partial charge in [-0.15, -0.1) is 0 Å². The summed E-state index contributed by atoms with van der Waals surface area (Å²) in [5, 5.41) is 8.78. The first kappa shape index (κ1) is 16.3. The highest BCUT2D eigenvalue weighted by molar-refractivity contribution is 7.89. The highest BCUT2D eigenvalue weighted by Crippen LogP contribution is 2.26. The molecule has 3 N–H and O–H groups in total. The number of rotatable bonds is 3. The van der Waals surface area contributed by atoms with Crippen molar-refractivity contribution < 1.29 is 8.42 Å². The van der Waals surface area contributed by atoms with E-state index >= 15 is 0 Å². The zero-order valence-corrected chi connectivity index (χ0v) is 13.8. The van der Waals surface area contributed by atoms with E-state index < -0.39 is 10.0 Å². The van der Waals surface area contributed by atoms with Gasteiger partial charge in [0.15, 0.2) is 0 Å². The molecule has 1 saturated heterocycles. The number of anilines is 1. The fraction of sp³-hybridized carbons (Fsp3) is 0.600. The summed E-state index contributed by atoms with van der Waals surface area (Å²) in [4.78, 5) is 2.51. The first-order chi connectivity index (χ1) is 9.77. The van der Waals surface area contributed by atoms with Crippen LogP contribution in [0.25, 0.3) is 0 Å². The predicted molar refractivity (Wildman–Crippen MR) is 86.0 cm³/mol. The van der Waals surface area contributed by atoms with Gasteiger partial charge in [0.1, 0.15) is 0 Å². The van der Waals surface area contributed by atoms with Gasteiger partial charge in [0, 0.05) is 11.7 Å². The fourth-order valence-corrected chi connectivity index (χ4v) is 3.37. The van der Waals surface area contributed by atoms with E-state index in [9.17, 15) is 8.42 Å². The van der Waals surface area contributed by atoms with Gasteiger partial charge in [0.25, 0.3) is 0 Å². The van der Waals surface area contributed by atoms with E-state index in [0.29, 0.717) is 6.04 Å². The molecule has 2 rings (SSSR count). The van der Waals surface area contributed by atoms with E-state index in [1.807, 2.05) is 13.8 Å². The molecule has 118 valence electrons. The van der Waals surface area contributed by atoms with Crippen LogP contribution in [0.5, 0.6) is 0 Å². The lowest BCUT2D eigenvalue weighted by atomic mass is 10.0. The van der Waals surface area contributed by atoms with Crippen LogP contribution >= 0.6 is 0 Å². The van der Waals surface area contributed by atoms with Gasteiger partial charge in [-0.2, -0.15) is 0 Å². The highest BCUT2D eigenvalue weighted by Gasteiger charge is 2.17. The number of nitrogens with one attached hydrogen (secondary N) is 1. The number of nitrogens with two attached hydrogens (primary N) is 1. The van der Waals surface area contributed by atoms with Crippen LogP contribution in [0.2, 0.25) is 0 Å². The van der Waals surface area contributed by atoms with Crippen LogP contribution in [0.4, 0.5) is 5.69 Å². The van der Waals surface area contributed by atoms with Crippen LogP contribution in [0.15, 0.2) is 17.0 Å². The van der Waals surface area contributed by atoms with E-state index in [1.54, 1.807) is 12.1 Å². The summed E-state index contributed by atoms with van der Waals surface area (Å²) in [6.07, 6.45) is 3.32. The van der Waals surface area contributed by atoms with Gasteiger partial charge in [-0.3, -0.25) is 0 Å². The number of primary sulfonamides is 1. The molecule has 0 radical (unpaired) electrons. The minimum absolute atomic E-state index is 0.179. The average Bonchev–Trinajstić information content (AvgIpc) is 2.58. The van der Waals surface area contributed by atoms with Crippen LogP contribution in [0.1, 0.15) is 30.4 Å². The molecule has 0 aromatic heterocycles. The number of hydrogen-bond acceptors (Lipinski definition) is 4. The smallest absolute Gasteiger partial charge is 0.238 e. The minimum Gasteiger partial charge on any atom is -0.382 e. The lowest BCUT2D eigenvalue weighted by molar-refractivity contribution is 0.348. The summed E-state index contributed by atoms with van der Waals surface area (Å²) < 4.78 is 23.2. The molecule has 1 heterocycles. The minimum atomic E-state index is -3.67. The van der Waals surface area contributed by atoms with Crippen molar-refractivity contribution >= 4 is 15.7 Å². The van der Waals surface area contributed by atoms with Crippen LogP contribution in [0, 0.1) is 13.8 Å². The van der Waals surface area contributed by atoms with Crippen LogP contribution in [-0.2, 0) is 10.0 Å². The summed E-state index contributed by atoms with van der Waals surface area (Å²) in [7, 11) is -1.53. The van der Waals surface area contributed by atoms with Crippen LogP contribution in [0.3, 0.4) is 0 Å². The Morgan fingerprint density at radius 1 is 1.24 bits per heavy atom. The van der Waals surface area contributed by atoms with E-state index in [2.05, 4.69) is 17.3 Å². The maximum Gasteiger partial charge on any atom is 0.238 e. The van der Waals surface area contributed by atoms with Crippen LogP contribution in [-0.4, -0.2) is 39.5 Å². The standard InChI is InChI=1S/C15H25N3O2S/c1-11-9-14(21(16,19)20)10-15(12(11)2)17-13-5-4-7-18(3)8-6-13/h9-10,13,17H,4-8H2,1-3H3,(H2,16,19,20). The molecule has 1 unspecified atom stereocenters. The molecule has 1 aliphatic heterocycles. The maximum atomic E-state index is 11.6. The lowest BCUT2D eigenvalue weighted by Crippen LogP contribution is -2.23. The van der Waals surface area contributed by atoms with Crippen LogP contribution < -0.4 is 10.5 Å². The summed E-state index contributed by atoms with van der Waals surface area (Å²) in [6, 6.07) is 3.67. The molecule has 1 aromatic carbocycles. The van der Waals surface area contributed by atoms with Crippen molar-refractivity contribution in [2.24, 2.45) is 5.14 Å². The fourth-order valence-electron chi connectivity index (χ4n) is 2.74. The Bertz CT molecular complexity index is 614. The molecule has 6 heteroatoms. The number of sulfonamides is 1. The summed E-state index contributed by atoms with van der Waals surface area (Å²) in [6.45, 7) is 6.10. The molecule has 1 aliphatic rings. The molecule has 0 aliphatic carbocycles. The Morgan fingerprint density at radius 2 is 1.95 bits per heavy atom. The molecule has 1 fully saturated rings. The Labute approximate surface area is 127 Å². The van der Waals surface area contributed by atoms with Crippen molar-refractivity contribution in [2.45, 2.75) is 44.0 Å². The maximum absolute atomic E-state index is 11.6. The van der Waals surface area contributed by atoms with Crippen molar-refractivity contribution in [3.63, 3.8) is 0 Å². The second-order valence-corrected chi connectivity index (χ2v) is 7.59. The second kappa shape index (κ2) is 6.34. The molecule has 1 aromatic rings. The summed E-state index contributed by atoms with van der Waals surface area (Å²) in [5.74, 6) is 0. The largest absolute Gasteiger partial charge is 0.382 e. The molecule has 0 amide bonds. The monoisotopic (exact) mass is 311 g/mol. The zero-order chi connectivity index (χ0) is 15.6. The quantitative estimate of drug-likeness (QED) is 0.893. The topological polar surface area (TPSA) is 75.4 Å². The number of benzene rings is 1. The van der Waals surface area contributed by atoms with Gasteiger partial charge >= 0.3 is 0 Å².